The lowest BCUT2D eigenvalue weighted by Crippen LogP contribution is -2.01. The first kappa shape index (κ1) is 16.7. The highest BCUT2D eigenvalue weighted by atomic mass is 19.1. The Kier molecular flexibility index (Phi) is 4.49. The number of hydrogen-bond acceptors (Lipinski definition) is 2. The van der Waals surface area contributed by atoms with Crippen molar-refractivity contribution < 1.29 is 4.39 Å². The zero-order chi connectivity index (χ0) is 18.0. The molecule has 0 aliphatic carbocycles. The monoisotopic (exact) mass is 331 g/mol. The summed E-state index contributed by atoms with van der Waals surface area (Å²) >= 11 is 0. The van der Waals surface area contributed by atoms with Gasteiger partial charge in [0.25, 0.3) is 0 Å². The number of nitrogens with zero attached hydrogens (tertiary/aromatic N) is 3. The van der Waals surface area contributed by atoms with Crippen molar-refractivity contribution in [2.24, 2.45) is 0 Å². The summed E-state index contributed by atoms with van der Waals surface area (Å²) in [5, 5.41) is 9.49. The number of pyridine rings is 1. The number of rotatable bonds is 3. The molecule has 0 atom stereocenters. The van der Waals surface area contributed by atoms with Gasteiger partial charge in [-0.25, -0.2) is 9.37 Å². The normalized spacial score (nSPS) is 11.4. The van der Waals surface area contributed by atoms with E-state index in [1.807, 2.05) is 49.7 Å². The third-order valence-electron chi connectivity index (χ3n) is 4.15. The maximum absolute atomic E-state index is 13.5. The van der Waals surface area contributed by atoms with Crippen molar-refractivity contribution in [1.29, 1.82) is 5.26 Å². The first-order valence-electron chi connectivity index (χ1n) is 7.99. The fourth-order valence-corrected chi connectivity index (χ4v) is 2.87. The number of aryl methyl sites for hydroxylation is 2. The summed E-state index contributed by atoms with van der Waals surface area (Å²) in [5.41, 5.74) is 5.02. The molecule has 0 unspecified atom stereocenters. The molecule has 3 nitrogen and oxygen atoms in total. The Hall–Kier alpha value is -3.19. The van der Waals surface area contributed by atoms with Crippen LogP contribution in [0.25, 0.3) is 17.5 Å². The summed E-state index contributed by atoms with van der Waals surface area (Å²) in [6.07, 6.45) is 3.62. The lowest BCUT2D eigenvalue weighted by atomic mass is 10.0. The molecule has 0 aliphatic rings. The summed E-state index contributed by atoms with van der Waals surface area (Å²) < 4.78 is 15.5. The Labute approximate surface area is 146 Å². The van der Waals surface area contributed by atoms with E-state index in [-0.39, 0.29) is 5.82 Å². The molecule has 0 fully saturated rings. The summed E-state index contributed by atoms with van der Waals surface area (Å²) in [5.74, 6) is 0.484. The zero-order valence-electron chi connectivity index (χ0n) is 14.4. The summed E-state index contributed by atoms with van der Waals surface area (Å²) in [6, 6.07) is 14.2. The molecule has 2 heterocycles. The van der Waals surface area contributed by atoms with Gasteiger partial charge < -0.3 is 4.57 Å². The fraction of sp³-hybridized carbons (Fsp3) is 0.143. The second-order valence-corrected chi connectivity index (χ2v) is 6.04. The molecule has 124 valence electrons. The van der Waals surface area contributed by atoms with Crippen LogP contribution in [-0.2, 0) is 0 Å². The van der Waals surface area contributed by atoms with E-state index in [1.165, 1.54) is 12.1 Å². The van der Waals surface area contributed by atoms with Crippen LogP contribution in [0.1, 0.15) is 28.1 Å². The van der Waals surface area contributed by atoms with Crippen LogP contribution in [0.2, 0.25) is 0 Å². The van der Waals surface area contributed by atoms with E-state index < -0.39 is 0 Å². The molecule has 3 rings (SSSR count). The standard InChI is InChI=1S/C21H18FN3/c1-14-7-8-21(24-13-14)25-15(2)9-18(16(25)3)10-19(12-23)17-5-4-6-20(22)11-17/h4-11,13H,1-3H3/b19-10-. The lowest BCUT2D eigenvalue weighted by molar-refractivity contribution is 0.627. The van der Waals surface area contributed by atoms with Gasteiger partial charge in [0.2, 0.25) is 0 Å². The molecule has 0 N–H and O–H groups in total. The van der Waals surface area contributed by atoms with Gasteiger partial charge in [0.1, 0.15) is 11.6 Å². The van der Waals surface area contributed by atoms with E-state index in [0.717, 1.165) is 28.3 Å². The van der Waals surface area contributed by atoms with Gasteiger partial charge >= 0.3 is 0 Å². The number of allylic oxidation sites excluding steroid dienone is 1. The van der Waals surface area contributed by atoms with Crippen LogP contribution in [0.5, 0.6) is 0 Å². The van der Waals surface area contributed by atoms with Crippen molar-refractivity contribution in [1.82, 2.24) is 9.55 Å². The van der Waals surface area contributed by atoms with Crippen molar-refractivity contribution in [2.75, 3.05) is 0 Å². The van der Waals surface area contributed by atoms with Crippen LogP contribution in [0.3, 0.4) is 0 Å². The first-order chi connectivity index (χ1) is 12.0. The largest absolute Gasteiger partial charge is 0.303 e. The molecule has 3 aromatic rings. The van der Waals surface area contributed by atoms with Crippen LogP contribution in [0, 0.1) is 37.9 Å². The van der Waals surface area contributed by atoms with Crippen LogP contribution in [0.15, 0.2) is 48.7 Å². The average molecular weight is 331 g/mol. The molecule has 0 spiro atoms. The minimum atomic E-state index is -0.354. The van der Waals surface area contributed by atoms with Crippen molar-refractivity contribution >= 4 is 11.6 Å². The van der Waals surface area contributed by atoms with Crippen molar-refractivity contribution in [3.05, 3.63) is 82.6 Å². The van der Waals surface area contributed by atoms with E-state index in [1.54, 1.807) is 18.2 Å². The minimum absolute atomic E-state index is 0.354. The van der Waals surface area contributed by atoms with E-state index in [4.69, 9.17) is 0 Å². The summed E-state index contributed by atoms with van der Waals surface area (Å²) in [6.45, 7) is 5.99. The SMILES string of the molecule is Cc1ccc(-n2c(C)cc(/C=C(/C#N)c3cccc(F)c3)c2C)nc1. The van der Waals surface area contributed by atoms with Crippen molar-refractivity contribution in [3.8, 4) is 11.9 Å². The maximum atomic E-state index is 13.5. The Morgan fingerprint density at radius 2 is 1.96 bits per heavy atom. The second kappa shape index (κ2) is 6.74. The van der Waals surface area contributed by atoms with E-state index in [9.17, 15) is 9.65 Å². The van der Waals surface area contributed by atoms with Crippen LogP contribution < -0.4 is 0 Å². The summed E-state index contributed by atoms with van der Waals surface area (Å²) in [7, 11) is 0. The van der Waals surface area contributed by atoms with Crippen LogP contribution in [0.4, 0.5) is 4.39 Å². The molecular weight excluding hydrogens is 313 g/mol. The van der Waals surface area contributed by atoms with E-state index in [0.29, 0.717) is 11.1 Å². The maximum Gasteiger partial charge on any atom is 0.136 e. The van der Waals surface area contributed by atoms with E-state index >= 15 is 0 Å². The Morgan fingerprint density at radius 1 is 1.16 bits per heavy atom. The predicted octanol–water partition coefficient (Wildman–Crippen LogP) is 5.00. The minimum Gasteiger partial charge on any atom is -0.303 e. The molecule has 0 amide bonds. The zero-order valence-corrected chi connectivity index (χ0v) is 14.4. The molecule has 2 aromatic heterocycles. The second-order valence-electron chi connectivity index (χ2n) is 6.04. The van der Waals surface area contributed by atoms with Gasteiger partial charge in [0.15, 0.2) is 0 Å². The van der Waals surface area contributed by atoms with Gasteiger partial charge in [-0.15, -0.1) is 0 Å². The summed E-state index contributed by atoms with van der Waals surface area (Å²) in [4.78, 5) is 4.48. The Bertz CT molecular complexity index is 989. The number of aromatic nitrogens is 2. The van der Waals surface area contributed by atoms with Gasteiger partial charge in [-0.1, -0.05) is 18.2 Å². The molecule has 25 heavy (non-hydrogen) atoms. The molecule has 0 bridgehead atoms. The molecule has 0 aliphatic heterocycles. The molecule has 0 saturated heterocycles. The van der Waals surface area contributed by atoms with Gasteiger partial charge in [-0.3, -0.25) is 0 Å². The Balaban J connectivity index is 2.08. The topological polar surface area (TPSA) is 41.6 Å². The lowest BCUT2D eigenvalue weighted by Gasteiger charge is -2.08. The highest BCUT2D eigenvalue weighted by molar-refractivity contribution is 5.90. The molecule has 1 aromatic carbocycles. The molecule has 0 radical (unpaired) electrons. The predicted molar refractivity (Wildman–Crippen MR) is 97.7 cm³/mol. The van der Waals surface area contributed by atoms with Gasteiger partial charge in [0, 0.05) is 17.6 Å². The number of hydrogen-bond donors (Lipinski definition) is 0. The average Bonchev–Trinajstić information content (AvgIpc) is 2.87. The van der Waals surface area contributed by atoms with Crippen LogP contribution >= 0.6 is 0 Å². The molecule has 0 saturated carbocycles. The Morgan fingerprint density at radius 3 is 2.60 bits per heavy atom. The van der Waals surface area contributed by atoms with Gasteiger partial charge in [-0.05, 0) is 67.8 Å². The van der Waals surface area contributed by atoms with Crippen molar-refractivity contribution in [2.45, 2.75) is 20.8 Å². The quantitative estimate of drug-likeness (QED) is 0.634. The smallest absolute Gasteiger partial charge is 0.136 e. The highest BCUT2D eigenvalue weighted by Gasteiger charge is 2.12. The number of halogens is 1. The molecule has 4 heteroatoms. The van der Waals surface area contributed by atoms with Crippen LogP contribution in [-0.4, -0.2) is 9.55 Å². The number of nitriles is 1. The third kappa shape index (κ3) is 3.36. The number of benzene rings is 1. The third-order valence-corrected chi connectivity index (χ3v) is 4.15. The van der Waals surface area contributed by atoms with Gasteiger partial charge in [-0.2, -0.15) is 5.26 Å². The van der Waals surface area contributed by atoms with Crippen molar-refractivity contribution in [3.63, 3.8) is 0 Å². The first-order valence-corrected chi connectivity index (χ1v) is 7.99. The molecular formula is C21H18FN3. The van der Waals surface area contributed by atoms with Gasteiger partial charge in [0.05, 0.1) is 11.6 Å². The fourth-order valence-electron chi connectivity index (χ4n) is 2.87. The highest BCUT2D eigenvalue weighted by Crippen LogP contribution is 2.25. The van der Waals surface area contributed by atoms with E-state index in [2.05, 4.69) is 11.1 Å².